The van der Waals surface area contributed by atoms with E-state index in [1.54, 1.807) is 24.3 Å². The van der Waals surface area contributed by atoms with Crippen molar-refractivity contribution >= 4 is 21.7 Å². The van der Waals surface area contributed by atoms with Gasteiger partial charge in [-0.15, -0.1) is 0 Å². The molecule has 0 spiro atoms. The van der Waals surface area contributed by atoms with E-state index >= 15 is 0 Å². The second-order valence-corrected chi connectivity index (χ2v) is 10.9. The first kappa shape index (κ1) is 21.7. The molecule has 0 radical (unpaired) electrons. The van der Waals surface area contributed by atoms with E-state index in [0.29, 0.717) is 30.0 Å². The highest BCUT2D eigenvalue weighted by atomic mass is 32.2. The zero-order valence-electron chi connectivity index (χ0n) is 18.8. The lowest BCUT2D eigenvalue weighted by atomic mass is 10.0. The SMILES string of the molecule is CC(C)C[C@@H]1COc2cc(-c3ccccc3C3CC3)nc(n2)NS(=O)(=O)c2cccc(c2)N1. The van der Waals surface area contributed by atoms with Gasteiger partial charge >= 0.3 is 0 Å². The van der Waals surface area contributed by atoms with E-state index in [2.05, 4.69) is 39.9 Å². The maximum absolute atomic E-state index is 13.1. The minimum atomic E-state index is -3.87. The van der Waals surface area contributed by atoms with Gasteiger partial charge in [-0.1, -0.05) is 44.2 Å². The van der Waals surface area contributed by atoms with Gasteiger partial charge in [0.15, 0.2) is 0 Å². The predicted octanol–water partition coefficient (Wildman–Crippen LogP) is 5.04. The standard InChI is InChI=1S/C25H28N4O3S/c1-16(2)12-19-15-32-24-14-23(22-9-4-3-8-21(22)17-10-11-17)27-25(28-24)29-33(30,31)20-7-5-6-18(13-20)26-19/h3-9,13-14,16-17,19,26H,10-12,15H2,1-2H3,(H,27,28,29)/t19-/m1/s1. The van der Waals surface area contributed by atoms with Crippen molar-refractivity contribution in [2.75, 3.05) is 16.6 Å². The number of fused-ring (bicyclic) bond motifs is 4. The Bertz CT molecular complexity index is 1270. The number of hydrogen-bond donors (Lipinski definition) is 2. The molecule has 0 unspecified atom stereocenters. The molecule has 2 N–H and O–H groups in total. The highest BCUT2D eigenvalue weighted by molar-refractivity contribution is 7.92. The highest BCUT2D eigenvalue weighted by Gasteiger charge is 2.27. The van der Waals surface area contributed by atoms with Crippen LogP contribution in [0.2, 0.25) is 0 Å². The van der Waals surface area contributed by atoms with Crippen LogP contribution in [0.5, 0.6) is 5.88 Å². The Hall–Kier alpha value is -3.13. The van der Waals surface area contributed by atoms with Crippen molar-refractivity contribution < 1.29 is 13.2 Å². The number of sulfonamides is 1. The molecule has 2 aromatic carbocycles. The second-order valence-electron chi connectivity index (χ2n) is 9.19. The molecule has 2 aliphatic rings. The van der Waals surface area contributed by atoms with Gasteiger partial charge in [0.1, 0.15) is 6.61 Å². The summed E-state index contributed by atoms with van der Waals surface area (Å²) in [6.07, 6.45) is 3.18. The van der Waals surface area contributed by atoms with E-state index in [1.165, 1.54) is 5.56 Å². The fraction of sp³-hybridized carbons (Fsp3) is 0.360. The Morgan fingerprint density at radius 1 is 1.06 bits per heavy atom. The molecule has 1 aromatic heterocycles. The summed E-state index contributed by atoms with van der Waals surface area (Å²) in [5.74, 6) is 1.32. The number of nitrogens with zero attached hydrogens (tertiary/aromatic N) is 2. The number of rotatable bonds is 4. The van der Waals surface area contributed by atoms with E-state index < -0.39 is 10.0 Å². The van der Waals surface area contributed by atoms with Crippen molar-refractivity contribution in [3.8, 4) is 17.1 Å². The smallest absolute Gasteiger partial charge is 0.264 e. The van der Waals surface area contributed by atoms with Gasteiger partial charge in [-0.05, 0) is 54.9 Å². The van der Waals surface area contributed by atoms with Gasteiger partial charge in [-0.25, -0.2) is 18.1 Å². The van der Waals surface area contributed by atoms with Crippen molar-refractivity contribution in [3.63, 3.8) is 0 Å². The number of hydrogen-bond acceptors (Lipinski definition) is 6. The number of ether oxygens (including phenoxy) is 1. The van der Waals surface area contributed by atoms with Crippen LogP contribution >= 0.6 is 0 Å². The van der Waals surface area contributed by atoms with Crippen LogP contribution in [-0.2, 0) is 10.0 Å². The van der Waals surface area contributed by atoms with Crippen LogP contribution < -0.4 is 14.8 Å². The second kappa shape index (κ2) is 8.67. The Kier molecular flexibility index (Phi) is 5.70. The third-order valence-electron chi connectivity index (χ3n) is 5.89. The summed E-state index contributed by atoms with van der Waals surface area (Å²) in [6.45, 7) is 4.70. The third kappa shape index (κ3) is 4.95. The van der Waals surface area contributed by atoms with E-state index in [0.717, 1.165) is 30.5 Å². The monoisotopic (exact) mass is 464 g/mol. The van der Waals surface area contributed by atoms with Crippen molar-refractivity contribution in [2.24, 2.45) is 5.92 Å². The first-order valence-electron chi connectivity index (χ1n) is 11.4. The molecular weight excluding hydrogens is 436 g/mol. The van der Waals surface area contributed by atoms with Gasteiger partial charge in [-0.3, -0.25) is 0 Å². The minimum absolute atomic E-state index is 0.00375. The zero-order chi connectivity index (χ0) is 23.0. The fourth-order valence-electron chi connectivity index (χ4n) is 4.25. The number of benzene rings is 2. The summed E-state index contributed by atoms with van der Waals surface area (Å²) in [4.78, 5) is 9.12. The van der Waals surface area contributed by atoms with Gasteiger partial charge in [0, 0.05) is 17.3 Å². The van der Waals surface area contributed by atoms with Crippen LogP contribution in [0.4, 0.5) is 11.6 Å². The van der Waals surface area contributed by atoms with Crippen molar-refractivity contribution in [3.05, 3.63) is 60.2 Å². The molecule has 1 aliphatic heterocycles. The summed E-state index contributed by atoms with van der Waals surface area (Å²) in [5.41, 5.74) is 3.60. The molecule has 33 heavy (non-hydrogen) atoms. The maximum Gasteiger partial charge on any atom is 0.264 e. The fourth-order valence-corrected chi connectivity index (χ4v) is 5.24. The van der Waals surface area contributed by atoms with Crippen LogP contribution in [0.1, 0.15) is 44.6 Å². The predicted molar refractivity (Wildman–Crippen MR) is 129 cm³/mol. The lowest BCUT2D eigenvalue weighted by Gasteiger charge is -2.23. The van der Waals surface area contributed by atoms with Crippen LogP contribution in [0.3, 0.4) is 0 Å². The molecule has 8 heteroatoms. The topological polar surface area (TPSA) is 93.2 Å². The van der Waals surface area contributed by atoms with Gasteiger partial charge in [0.25, 0.3) is 10.0 Å². The third-order valence-corrected chi connectivity index (χ3v) is 7.21. The van der Waals surface area contributed by atoms with Crippen molar-refractivity contribution in [1.29, 1.82) is 0 Å². The molecule has 4 bridgehead atoms. The molecule has 0 amide bonds. The summed E-state index contributed by atoms with van der Waals surface area (Å²) < 4.78 is 34.9. The Balaban J connectivity index is 1.60. The summed E-state index contributed by atoms with van der Waals surface area (Å²) in [7, 11) is -3.87. The Morgan fingerprint density at radius 2 is 1.88 bits per heavy atom. The molecule has 3 aromatic rings. The van der Waals surface area contributed by atoms with Crippen molar-refractivity contribution in [2.45, 2.75) is 50.0 Å². The zero-order valence-corrected chi connectivity index (χ0v) is 19.6. The lowest BCUT2D eigenvalue weighted by Crippen LogP contribution is -2.29. The van der Waals surface area contributed by atoms with E-state index in [4.69, 9.17) is 4.74 Å². The molecular formula is C25H28N4O3S. The molecule has 1 atom stereocenters. The highest BCUT2D eigenvalue weighted by Crippen LogP contribution is 2.44. The number of nitrogens with one attached hydrogen (secondary N) is 2. The average molecular weight is 465 g/mol. The molecule has 5 rings (SSSR count). The Labute approximate surface area is 194 Å². The van der Waals surface area contributed by atoms with Crippen LogP contribution in [0, 0.1) is 5.92 Å². The minimum Gasteiger partial charge on any atom is -0.475 e. The van der Waals surface area contributed by atoms with Gasteiger partial charge in [0.2, 0.25) is 11.8 Å². The first-order chi connectivity index (χ1) is 15.9. The summed E-state index contributed by atoms with van der Waals surface area (Å²) in [6, 6.07) is 16.7. The normalized spacial score (nSPS) is 19.4. The van der Waals surface area contributed by atoms with Crippen LogP contribution in [-0.4, -0.2) is 31.0 Å². The van der Waals surface area contributed by atoms with E-state index in [9.17, 15) is 8.42 Å². The molecule has 1 fully saturated rings. The van der Waals surface area contributed by atoms with Crippen molar-refractivity contribution in [1.82, 2.24) is 9.97 Å². The van der Waals surface area contributed by atoms with Crippen LogP contribution in [0.25, 0.3) is 11.3 Å². The quantitative estimate of drug-likeness (QED) is 0.562. The number of aromatic nitrogens is 2. The van der Waals surface area contributed by atoms with Crippen LogP contribution in [0.15, 0.2) is 59.5 Å². The lowest BCUT2D eigenvalue weighted by molar-refractivity contribution is 0.271. The first-order valence-corrected chi connectivity index (χ1v) is 12.9. The average Bonchev–Trinajstić information content (AvgIpc) is 3.62. The maximum atomic E-state index is 13.1. The molecule has 1 saturated carbocycles. The molecule has 2 heterocycles. The van der Waals surface area contributed by atoms with Gasteiger partial charge < -0.3 is 10.1 Å². The molecule has 1 aliphatic carbocycles. The largest absolute Gasteiger partial charge is 0.475 e. The molecule has 172 valence electrons. The summed E-state index contributed by atoms with van der Waals surface area (Å²) in [5, 5.41) is 3.43. The van der Waals surface area contributed by atoms with Gasteiger partial charge in [0.05, 0.1) is 16.6 Å². The van der Waals surface area contributed by atoms with Gasteiger partial charge in [-0.2, -0.15) is 4.98 Å². The summed E-state index contributed by atoms with van der Waals surface area (Å²) >= 11 is 0. The number of anilines is 2. The molecule has 0 saturated heterocycles. The van der Waals surface area contributed by atoms with E-state index in [-0.39, 0.29) is 16.9 Å². The Morgan fingerprint density at radius 3 is 2.67 bits per heavy atom. The van der Waals surface area contributed by atoms with E-state index in [1.807, 2.05) is 24.3 Å². The molecule has 7 nitrogen and oxygen atoms in total.